The van der Waals surface area contributed by atoms with E-state index in [-0.39, 0.29) is 0 Å². The van der Waals surface area contributed by atoms with E-state index in [1.165, 1.54) is 19.3 Å². The fourth-order valence-corrected chi connectivity index (χ4v) is 1.13. The summed E-state index contributed by atoms with van der Waals surface area (Å²) in [6, 6.07) is 0. The summed E-state index contributed by atoms with van der Waals surface area (Å²) in [6.07, 6.45) is 5.76. The number of ether oxygens (including phenoxy) is 1. The zero-order chi connectivity index (χ0) is 9.40. The van der Waals surface area contributed by atoms with Crippen molar-refractivity contribution < 1.29 is 4.74 Å². The Kier molecular flexibility index (Phi) is 7.17. The molecule has 0 radical (unpaired) electrons. The highest BCUT2D eigenvalue weighted by atomic mass is 16.5. The van der Waals surface area contributed by atoms with Gasteiger partial charge in [0.05, 0.1) is 0 Å². The van der Waals surface area contributed by atoms with Gasteiger partial charge in [-0.2, -0.15) is 0 Å². The molecule has 0 aliphatic carbocycles. The first kappa shape index (κ1) is 11.7. The molecule has 0 rings (SSSR count). The highest BCUT2D eigenvalue weighted by molar-refractivity contribution is 4.75. The third-order valence-electron chi connectivity index (χ3n) is 2.33. The first-order valence-electron chi connectivity index (χ1n) is 4.82. The van der Waals surface area contributed by atoms with Crippen molar-refractivity contribution in [2.24, 2.45) is 11.8 Å². The molecule has 0 saturated carbocycles. The van der Waals surface area contributed by atoms with Crippen molar-refractivity contribution in [3.05, 3.63) is 12.7 Å². The molecule has 72 valence electrons. The smallest absolute Gasteiger partial charge is 0.0464 e. The fraction of sp³-hybridized carbons (Fsp3) is 0.818. The van der Waals surface area contributed by atoms with E-state index >= 15 is 0 Å². The lowest BCUT2D eigenvalue weighted by Crippen LogP contribution is -2.02. The summed E-state index contributed by atoms with van der Waals surface area (Å²) in [5, 5.41) is 0. The van der Waals surface area contributed by atoms with Crippen molar-refractivity contribution in [3.8, 4) is 0 Å². The highest BCUT2D eigenvalue weighted by Crippen LogP contribution is 2.15. The van der Waals surface area contributed by atoms with Crippen LogP contribution in [0.1, 0.15) is 33.1 Å². The summed E-state index contributed by atoms with van der Waals surface area (Å²) in [5.74, 6) is 1.45. The molecule has 0 aliphatic heterocycles. The standard InChI is InChI=1S/C11H22O/c1-5-10(2)6-7-11(3)8-9-12-4/h5,10-11H,1,6-9H2,2-4H3. The van der Waals surface area contributed by atoms with Crippen LogP contribution in [0.15, 0.2) is 12.7 Å². The predicted molar refractivity (Wildman–Crippen MR) is 54.3 cm³/mol. The summed E-state index contributed by atoms with van der Waals surface area (Å²) in [4.78, 5) is 0. The zero-order valence-corrected chi connectivity index (χ0v) is 8.68. The molecule has 0 spiro atoms. The van der Waals surface area contributed by atoms with Gasteiger partial charge < -0.3 is 4.74 Å². The maximum Gasteiger partial charge on any atom is 0.0464 e. The Morgan fingerprint density at radius 1 is 1.25 bits per heavy atom. The van der Waals surface area contributed by atoms with Gasteiger partial charge >= 0.3 is 0 Å². The van der Waals surface area contributed by atoms with Crippen molar-refractivity contribution in [3.63, 3.8) is 0 Å². The zero-order valence-electron chi connectivity index (χ0n) is 8.68. The molecule has 0 N–H and O–H groups in total. The summed E-state index contributed by atoms with van der Waals surface area (Å²) in [7, 11) is 1.76. The topological polar surface area (TPSA) is 9.23 Å². The van der Waals surface area contributed by atoms with Crippen molar-refractivity contribution in [1.82, 2.24) is 0 Å². The van der Waals surface area contributed by atoms with E-state index in [9.17, 15) is 0 Å². The van der Waals surface area contributed by atoms with Gasteiger partial charge in [0.2, 0.25) is 0 Å². The van der Waals surface area contributed by atoms with Crippen LogP contribution in [0.3, 0.4) is 0 Å². The van der Waals surface area contributed by atoms with Crippen molar-refractivity contribution in [1.29, 1.82) is 0 Å². The molecular formula is C11H22O. The minimum Gasteiger partial charge on any atom is -0.385 e. The molecule has 0 bridgehead atoms. The first-order chi connectivity index (χ1) is 5.70. The molecule has 1 heteroatoms. The van der Waals surface area contributed by atoms with Crippen LogP contribution in [0, 0.1) is 11.8 Å². The molecule has 1 nitrogen and oxygen atoms in total. The Balaban J connectivity index is 3.29. The van der Waals surface area contributed by atoms with Crippen LogP contribution in [-0.2, 0) is 4.74 Å². The lowest BCUT2D eigenvalue weighted by molar-refractivity contribution is 0.177. The van der Waals surface area contributed by atoms with E-state index in [2.05, 4.69) is 20.4 Å². The van der Waals surface area contributed by atoms with Gasteiger partial charge in [-0.1, -0.05) is 26.3 Å². The third-order valence-corrected chi connectivity index (χ3v) is 2.33. The quantitative estimate of drug-likeness (QED) is 0.533. The van der Waals surface area contributed by atoms with Gasteiger partial charge in [-0.15, -0.1) is 6.58 Å². The number of rotatable bonds is 7. The molecule has 2 atom stereocenters. The Bertz CT molecular complexity index is 110. The minimum absolute atomic E-state index is 0.662. The monoisotopic (exact) mass is 170 g/mol. The number of allylic oxidation sites excluding steroid dienone is 1. The highest BCUT2D eigenvalue weighted by Gasteiger charge is 2.03. The normalized spacial score (nSPS) is 15.6. The van der Waals surface area contributed by atoms with E-state index in [0.29, 0.717) is 5.92 Å². The van der Waals surface area contributed by atoms with Gasteiger partial charge in [0.25, 0.3) is 0 Å². The van der Waals surface area contributed by atoms with E-state index in [4.69, 9.17) is 4.74 Å². The van der Waals surface area contributed by atoms with Gasteiger partial charge in [0.1, 0.15) is 0 Å². The summed E-state index contributed by atoms with van der Waals surface area (Å²) in [6.45, 7) is 9.17. The molecule has 0 fully saturated rings. The van der Waals surface area contributed by atoms with Crippen LogP contribution < -0.4 is 0 Å². The molecule has 12 heavy (non-hydrogen) atoms. The van der Waals surface area contributed by atoms with Gasteiger partial charge in [0.15, 0.2) is 0 Å². The summed E-state index contributed by atoms with van der Waals surface area (Å²) < 4.78 is 5.03. The molecule has 0 aromatic heterocycles. The number of methoxy groups -OCH3 is 1. The molecular weight excluding hydrogens is 148 g/mol. The van der Waals surface area contributed by atoms with Crippen molar-refractivity contribution >= 4 is 0 Å². The molecule has 0 aromatic rings. The van der Waals surface area contributed by atoms with E-state index in [0.717, 1.165) is 12.5 Å². The largest absolute Gasteiger partial charge is 0.385 e. The second-order valence-corrected chi connectivity index (χ2v) is 3.68. The Morgan fingerprint density at radius 3 is 2.42 bits per heavy atom. The van der Waals surface area contributed by atoms with Crippen LogP contribution in [0.2, 0.25) is 0 Å². The van der Waals surface area contributed by atoms with Gasteiger partial charge in [-0.05, 0) is 24.7 Å². The Morgan fingerprint density at radius 2 is 1.92 bits per heavy atom. The maximum atomic E-state index is 5.03. The van der Waals surface area contributed by atoms with Crippen LogP contribution >= 0.6 is 0 Å². The first-order valence-corrected chi connectivity index (χ1v) is 4.82. The lowest BCUT2D eigenvalue weighted by Gasteiger charge is -2.12. The second-order valence-electron chi connectivity index (χ2n) is 3.68. The van der Waals surface area contributed by atoms with Crippen LogP contribution in [0.4, 0.5) is 0 Å². The summed E-state index contributed by atoms with van der Waals surface area (Å²) in [5.41, 5.74) is 0. The third kappa shape index (κ3) is 6.41. The Hall–Kier alpha value is -0.300. The number of hydrogen-bond acceptors (Lipinski definition) is 1. The average molecular weight is 170 g/mol. The second kappa shape index (κ2) is 7.35. The SMILES string of the molecule is C=CC(C)CCC(C)CCOC. The average Bonchev–Trinajstić information content (AvgIpc) is 2.10. The predicted octanol–water partition coefficient (Wildman–Crippen LogP) is 3.26. The Labute approximate surface area is 76.8 Å². The van der Waals surface area contributed by atoms with E-state index in [1.807, 2.05) is 6.08 Å². The van der Waals surface area contributed by atoms with Crippen LogP contribution in [0.5, 0.6) is 0 Å². The maximum absolute atomic E-state index is 5.03. The molecule has 0 amide bonds. The van der Waals surface area contributed by atoms with Gasteiger partial charge in [-0.3, -0.25) is 0 Å². The fourth-order valence-electron chi connectivity index (χ4n) is 1.13. The molecule has 0 heterocycles. The van der Waals surface area contributed by atoms with Gasteiger partial charge in [-0.25, -0.2) is 0 Å². The van der Waals surface area contributed by atoms with E-state index < -0.39 is 0 Å². The molecule has 0 saturated heterocycles. The number of hydrogen-bond donors (Lipinski definition) is 0. The molecule has 0 aliphatic rings. The van der Waals surface area contributed by atoms with Crippen LogP contribution in [0.25, 0.3) is 0 Å². The minimum atomic E-state index is 0.662. The van der Waals surface area contributed by atoms with Crippen molar-refractivity contribution in [2.45, 2.75) is 33.1 Å². The molecule has 2 unspecified atom stereocenters. The van der Waals surface area contributed by atoms with E-state index in [1.54, 1.807) is 7.11 Å². The summed E-state index contributed by atoms with van der Waals surface area (Å²) >= 11 is 0. The lowest BCUT2D eigenvalue weighted by atomic mass is 9.96. The van der Waals surface area contributed by atoms with Crippen molar-refractivity contribution in [2.75, 3.05) is 13.7 Å². The molecule has 0 aromatic carbocycles. The van der Waals surface area contributed by atoms with Gasteiger partial charge in [0, 0.05) is 13.7 Å². The van der Waals surface area contributed by atoms with Crippen LogP contribution in [-0.4, -0.2) is 13.7 Å².